The molecule has 0 aromatic heterocycles. The van der Waals surface area contributed by atoms with Gasteiger partial charge in [0.2, 0.25) is 0 Å². The van der Waals surface area contributed by atoms with Gasteiger partial charge in [-0.2, -0.15) is 0 Å². The maximum atomic E-state index is 6.08. The highest BCUT2D eigenvalue weighted by atomic mass is 127. The number of rotatable bonds is 6. The van der Waals surface area contributed by atoms with Gasteiger partial charge in [-0.05, 0) is 43.9 Å². The molecule has 3 unspecified atom stereocenters. The van der Waals surface area contributed by atoms with E-state index in [1.807, 2.05) is 0 Å². The largest absolute Gasteiger partial charge is 0.492 e. The molecule has 0 aliphatic carbocycles. The van der Waals surface area contributed by atoms with E-state index in [9.17, 15) is 0 Å². The molecule has 3 atom stereocenters. The van der Waals surface area contributed by atoms with Crippen LogP contribution in [0.1, 0.15) is 25.7 Å². The summed E-state index contributed by atoms with van der Waals surface area (Å²) >= 11 is 11.9. The lowest BCUT2D eigenvalue weighted by Crippen LogP contribution is -2.47. The summed E-state index contributed by atoms with van der Waals surface area (Å²) in [7, 11) is 1.79. The summed E-state index contributed by atoms with van der Waals surface area (Å²) in [5, 5.41) is 7.91. The second-order valence-corrected chi connectivity index (χ2v) is 6.98. The predicted molar refractivity (Wildman–Crippen MR) is 113 cm³/mol. The summed E-state index contributed by atoms with van der Waals surface area (Å²) in [6, 6.07) is 5.61. The number of guanidine groups is 1. The number of hydrogen-bond acceptors (Lipinski definition) is 3. The number of ether oxygens (including phenoxy) is 2. The first-order chi connectivity index (χ1) is 11.7. The van der Waals surface area contributed by atoms with E-state index in [1.165, 1.54) is 6.42 Å². The first-order valence-electron chi connectivity index (χ1n) is 8.36. The monoisotopic (exact) mass is 499 g/mol. The molecule has 2 N–H and O–H groups in total. The Morgan fingerprint density at radius 2 is 2.20 bits per heavy atom. The van der Waals surface area contributed by atoms with Crippen molar-refractivity contribution in [2.24, 2.45) is 4.99 Å². The fourth-order valence-electron chi connectivity index (χ4n) is 3.21. The van der Waals surface area contributed by atoms with Gasteiger partial charge in [0.25, 0.3) is 0 Å². The molecule has 25 heavy (non-hydrogen) atoms. The van der Waals surface area contributed by atoms with Gasteiger partial charge >= 0.3 is 0 Å². The molecule has 2 aliphatic heterocycles. The minimum absolute atomic E-state index is 0. The van der Waals surface area contributed by atoms with Crippen molar-refractivity contribution >= 4 is 53.1 Å². The molecule has 2 heterocycles. The zero-order valence-corrected chi connectivity index (χ0v) is 18.0. The van der Waals surface area contributed by atoms with E-state index in [4.69, 9.17) is 32.7 Å². The topological polar surface area (TPSA) is 54.9 Å². The van der Waals surface area contributed by atoms with E-state index < -0.39 is 0 Å². The van der Waals surface area contributed by atoms with Crippen molar-refractivity contribution < 1.29 is 9.47 Å². The summed E-state index contributed by atoms with van der Waals surface area (Å²) < 4.78 is 11.5. The molecule has 1 aromatic carbocycles. The van der Waals surface area contributed by atoms with Gasteiger partial charge < -0.3 is 20.1 Å². The number of benzene rings is 1. The zero-order chi connectivity index (χ0) is 16.9. The lowest BCUT2D eigenvalue weighted by Gasteiger charge is -2.22. The van der Waals surface area contributed by atoms with Crippen LogP contribution in [0.15, 0.2) is 23.2 Å². The van der Waals surface area contributed by atoms with E-state index in [2.05, 4.69) is 15.6 Å². The normalized spacial score (nSPS) is 24.8. The number of fused-ring (bicyclic) bond motifs is 2. The van der Waals surface area contributed by atoms with E-state index in [0.717, 1.165) is 31.8 Å². The Hall–Kier alpha value is -0.440. The quantitative estimate of drug-likeness (QED) is 0.270. The van der Waals surface area contributed by atoms with Crippen LogP contribution in [0.4, 0.5) is 0 Å². The molecule has 8 heteroatoms. The van der Waals surface area contributed by atoms with Crippen LogP contribution in [-0.4, -0.2) is 44.4 Å². The Kier molecular flexibility index (Phi) is 8.38. The first-order valence-corrected chi connectivity index (χ1v) is 9.12. The summed E-state index contributed by atoms with van der Waals surface area (Å²) in [6.45, 7) is 1.34. The molecule has 1 aromatic rings. The maximum Gasteiger partial charge on any atom is 0.191 e. The molecule has 3 rings (SSSR count). The summed E-state index contributed by atoms with van der Waals surface area (Å²) in [4.78, 5) is 4.28. The van der Waals surface area contributed by atoms with Crippen LogP contribution >= 0.6 is 47.2 Å². The van der Waals surface area contributed by atoms with Crippen molar-refractivity contribution in [2.75, 3.05) is 20.2 Å². The molecule has 0 saturated carbocycles. The number of aliphatic imine (C=N–C) groups is 1. The van der Waals surface area contributed by atoms with Gasteiger partial charge in [-0.25, -0.2) is 0 Å². The van der Waals surface area contributed by atoms with E-state index in [1.54, 1.807) is 25.2 Å². The molecule has 0 spiro atoms. The number of hydrogen-bond donors (Lipinski definition) is 2. The summed E-state index contributed by atoms with van der Waals surface area (Å²) in [5.41, 5.74) is 0. The first kappa shape index (κ1) is 20.9. The fourth-order valence-corrected chi connectivity index (χ4v) is 3.68. The van der Waals surface area contributed by atoms with Crippen LogP contribution in [0.3, 0.4) is 0 Å². The average molecular weight is 500 g/mol. The van der Waals surface area contributed by atoms with Crippen molar-refractivity contribution in [3.05, 3.63) is 28.2 Å². The highest BCUT2D eigenvalue weighted by Crippen LogP contribution is 2.34. The molecule has 2 aliphatic rings. The van der Waals surface area contributed by atoms with E-state index >= 15 is 0 Å². The minimum Gasteiger partial charge on any atom is -0.492 e. The lowest BCUT2D eigenvalue weighted by molar-refractivity contribution is 0.0992. The number of halogens is 3. The van der Waals surface area contributed by atoms with Crippen LogP contribution in [0.25, 0.3) is 0 Å². The van der Waals surface area contributed by atoms with Gasteiger partial charge in [-0.3, -0.25) is 4.99 Å². The fraction of sp³-hybridized carbons (Fsp3) is 0.588. The molecule has 2 fully saturated rings. The smallest absolute Gasteiger partial charge is 0.191 e. The van der Waals surface area contributed by atoms with Crippen LogP contribution in [0.5, 0.6) is 5.75 Å². The Morgan fingerprint density at radius 3 is 2.84 bits per heavy atom. The van der Waals surface area contributed by atoms with E-state index in [0.29, 0.717) is 40.7 Å². The summed E-state index contributed by atoms with van der Waals surface area (Å²) in [5.74, 6) is 1.48. The van der Waals surface area contributed by atoms with Gasteiger partial charge in [-0.1, -0.05) is 23.2 Å². The van der Waals surface area contributed by atoms with Crippen molar-refractivity contribution in [2.45, 2.75) is 43.9 Å². The molecule has 0 radical (unpaired) electrons. The zero-order valence-electron chi connectivity index (χ0n) is 14.1. The highest BCUT2D eigenvalue weighted by molar-refractivity contribution is 14.0. The molecular formula is C17H24Cl2IN3O2. The van der Waals surface area contributed by atoms with Crippen molar-refractivity contribution in [3.8, 4) is 5.75 Å². The van der Waals surface area contributed by atoms with Gasteiger partial charge in [0.05, 0.1) is 29.9 Å². The number of nitrogens with zero attached hydrogens (tertiary/aromatic N) is 1. The third-order valence-corrected chi connectivity index (χ3v) is 4.95. The van der Waals surface area contributed by atoms with Gasteiger partial charge in [-0.15, -0.1) is 24.0 Å². The van der Waals surface area contributed by atoms with Crippen molar-refractivity contribution in [1.82, 2.24) is 10.6 Å². The molecule has 2 saturated heterocycles. The van der Waals surface area contributed by atoms with Crippen molar-refractivity contribution in [3.63, 3.8) is 0 Å². The standard InChI is InChI=1S/C17H23Cl2N3O2.HI/c1-20-17(22-14-10-12-4-6-16(14)24-12)21-7-2-8-23-15-5-3-11(18)9-13(15)19;/h3,5,9,12,14,16H,2,4,6-8,10H2,1H3,(H2,20,21,22);1H. The minimum atomic E-state index is 0. The second kappa shape index (κ2) is 10.0. The average Bonchev–Trinajstić information content (AvgIpc) is 3.18. The van der Waals surface area contributed by atoms with E-state index in [-0.39, 0.29) is 24.0 Å². The van der Waals surface area contributed by atoms with Gasteiger partial charge in [0.1, 0.15) is 5.75 Å². The molecule has 5 nitrogen and oxygen atoms in total. The second-order valence-electron chi connectivity index (χ2n) is 6.14. The Morgan fingerprint density at radius 1 is 1.36 bits per heavy atom. The lowest BCUT2D eigenvalue weighted by atomic mass is 9.96. The molecular weight excluding hydrogens is 476 g/mol. The SMILES string of the molecule is CN=C(NCCCOc1ccc(Cl)cc1Cl)NC1CC2CCC1O2.I. The van der Waals surface area contributed by atoms with Crippen LogP contribution in [0.2, 0.25) is 10.0 Å². The predicted octanol–water partition coefficient (Wildman–Crippen LogP) is 3.87. The molecule has 0 amide bonds. The summed E-state index contributed by atoms with van der Waals surface area (Å²) in [6.07, 6.45) is 5.03. The number of nitrogens with one attached hydrogen (secondary N) is 2. The van der Waals surface area contributed by atoms with Gasteiger partial charge in [0, 0.05) is 18.6 Å². The Balaban J connectivity index is 0.00000225. The van der Waals surface area contributed by atoms with Gasteiger partial charge in [0.15, 0.2) is 5.96 Å². The third-order valence-electron chi connectivity index (χ3n) is 4.42. The van der Waals surface area contributed by atoms with Crippen LogP contribution < -0.4 is 15.4 Å². The van der Waals surface area contributed by atoms with Crippen LogP contribution in [-0.2, 0) is 4.74 Å². The maximum absolute atomic E-state index is 6.08. The Labute approximate surface area is 175 Å². The Bertz CT molecular complexity index is 603. The highest BCUT2D eigenvalue weighted by Gasteiger charge is 2.41. The molecule has 140 valence electrons. The third kappa shape index (κ3) is 5.77. The molecule has 2 bridgehead atoms. The van der Waals surface area contributed by atoms with Crippen LogP contribution in [0, 0.1) is 0 Å². The van der Waals surface area contributed by atoms with Crippen molar-refractivity contribution in [1.29, 1.82) is 0 Å².